The highest BCUT2D eigenvalue weighted by Gasteiger charge is 2.27. The zero-order valence-corrected chi connectivity index (χ0v) is 20.9. The molecule has 0 aromatic heterocycles. The van der Waals surface area contributed by atoms with Crippen molar-refractivity contribution in [3.63, 3.8) is 0 Å². The van der Waals surface area contributed by atoms with E-state index in [0.29, 0.717) is 18.4 Å². The number of aryl methyl sites for hydroxylation is 1. The Bertz CT molecular complexity index is 1070. The van der Waals surface area contributed by atoms with E-state index in [2.05, 4.69) is 34.3 Å². The van der Waals surface area contributed by atoms with Crippen LogP contribution in [0.4, 0.5) is 5.69 Å². The summed E-state index contributed by atoms with van der Waals surface area (Å²) in [4.78, 5) is 10.2. The van der Waals surface area contributed by atoms with Crippen molar-refractivity contribution >= 4 is 15.7 Å². The molecule has 2 N–H and O–H groups in total. The predicted octanol–water partition coefficient (Wildman–Crippen LogP) is 1.08. The first-order chi connectivity index (χ1) is 15.9. The summed E-state index contributed by atoms with van der Waals surface area (Å²) in [5.74, 6) is 1.60. The summed E-state index contributed by atoms with van der Waals surface area (Å²) in [5.41, 5.74) is 2.62. The van der Waals surface area contributed by atoms with Crippen molar-refractivity contribution in [2.24, 2.45) is 17.8 Å². The molecule has 0 amide bonds. The zero-order valence-electron chi connectivity index (χ0n) is 19.3. The van der Waals surface area contributed by atoms with Crippen LogP contribution in [0.15, 0.2) is 53.4 Å². The number of nitrogens with one attached hydrogen (secondary N) is 2. The number of para-hydroxylation sites is 1. The third-order valence-corrected chi connectivity index (χ3v) is 8.67. The summed E-state index contributed by atoms with van der Waals surface area (Å²) in [6.45, 7) is 2.41. The molecular weight excluding hydrogens is 474 g/mol. The average Bonchev–Trinajstić information content (AvgIpc) is 2.83. The normalized spacial score (nSPS) is 22.4. The molecule has 0 bridgehead atoms. The van der Waals surface area contributed by atoms with Crippen molar-refractivity contribution in [3.05, 3.63) is 69.8 Å². The number of benzene rings is 2. The van der Waals surface area contributed by atoms with Gasteiger partial charge in [0.1, 0.15) is 0 Å². The molecular formula is C25H33ClN3O4S-. The van der Waals surface area contributed by atoms with E-state index in [9.17, 15) is 18.5 Å². The molecule has 2 aliphatic rings. The Morgan fingerprint density at radius 2 is 1.41 bits per heavy atom. The van der Waals surface area contributed by atoms with Crippen molar-refractivity contribution in [1.82, 2.24) is 10.0 Å². The Kier molecular flexibility index (Phi) is 9.47. The molecule has 1 unspecified atom stereocenters. The number of rotatable bonds is 9. The summed E-state index contributed by atoms with van der Waals surface area (Å²) in [5, 5.41) is 14.8. The van der Waals surface area contributed by atoms with Crippen LogP contribution >= 0.6 is 0 Å². The van der Waals surface area contributed by atoms with Gasteiger partial charge in [-0.25, -0.2) is 13.1 Å². The second kappa shape index (κ2) is 12.1. The molecule has 7 nitrogen and oxygen atoms in total. The highest BCUT2D eigenvalue weighted by molar-refractivity contribution is 7.89. The minimum Gasteiger partial charge on any atom is -1.00 e. The highest BCUT2D eigenvalue weighted by atomic mass is 35.5. The van der Waals surface area contributed by atoms with Crippen LogP contribution in [0.2, 0.25) is 0 Å². The molecule has 4 rings (SSSR count). The first-order valence-corrected chi connectivity index (χ1v) is 13.4. The predicted molar refractivity (Wildman–Crippen MR) is 129 cm³/mol. The maximum absolute atomic E-state index is 12.6. The van der Waals surface area contributed by atoms with E-state index in [4.69, 9.17) is 0 Å². The Hall–Kier alpha value is -2.00. The summed E-state index contributed by atoms with van der Waals surface area (Å²) in [6.07, 6.45) is 7.70. The molecule has 0 aliphatic heterocycles. The largest absolute Gasteiger partial charge is 1.00 e. The van der Waals surface area contributed by atoms with E-state index in [1.54, 1.807) is 0 Å². The van der Waals surface area contributed by atoms with Crippen LogP contribution < -0.4 is 22.4 Å². The standard InChI is InChI=1S/C25H33N3O4S.ClH/c29-28(30)24-7-3-4-8-25(24)33(31,32)27-18-20-11-9-19(10-12-20)16-26-17-21-13-14-22-5-1-2-6-23(22)15-21;/h1-8,19-21,26-27H,9-18H2;1H/p-1. The van der Waals surface area contributed by atoms with Crippen LogP contribution in [0.5, 0.6) is 0 Å². The molecule has 0 heterocycles. The second-order valence-electron chi connectivity index (χ2n) is 9.50. The third kappa shape index (κ3) is 6.78. The molecule has 1 fully saturated rings. The van der Waals surface area contributed by atoms with E-state index < -0.39 is 14.9 Å². The molecule has 2 aromatic carbocycles. The Morgan fingerprint density at radius 3 is 2.12 bits per heavy atom. The quantitative estimate of drug-likeness (QED) is 0.391. The number of nitro groups is 1. The summed E-state index contributed by atoms with van der Waals surface area (Å²) in [7, 11) is -3.90. The molecule has 2 aliphatic carbocycles. The maximum atomic E-state index is 12.6. The van der Waals surface area contributed by atoms with Crippen LogP contribution in [-0.2, 0) is 22.9 Å². The van der Waals surface area contributed by atoms with Crippen molar-refractivity contribution in [3.8, 4) is 0 Å². The highest BCUT2D eigenvalue weighted by Crippen LogP contribution is 2.30. The fourth-order valence-corrected chi connectivity index (χ4v) is 6.51. The monoisotopic (exact) mass is 506 g/mol. The minimum atomic E-state index is -3.90. The van der Waals surface area contributed by atoms with E-state index in [0.717, 1.165) is 45.2 Å². The zero-order chi connectivity index (χ0) is 23.3. The smallest absolute Gasteiger partial charge is 0.289 e. The second-order valence-corrected chi connectivity index (χ2v) is 11.2. The molecule has 186 valence electrons. The lowest BCUT2D eigenvalue weighted by molar-refractivity contribution is -0.387. The number of nitro benzene ring substituents is 1. The van der Waals surface area contributed by atoms with Crippen LogP contribution in [0.3, 0.4) is 0 Å². The lowest BCUT2D eigenvalue weighted by atomic mass is 9.81. The van der Waals surface area contributed by atoms with Crippen molar-refractivity contribution in [2.75, 3.05) is 19.6 Å². The third-order valence-electron chi connectivity index (χ3n) is 7.19. The van der Waals surface area contributed by atoms with Gasteiger partial charge in [-0.1, -0.05) is 36.4 Å². The minimum absolute atomic E-state index is 0. The van der Waals surface area contributed by atoms with Gasteiger partial charge >= 0.3 is 0 Å². The SMILES string of the molecule is O=[N+]([O-])c1ccccc1S(=O)(=O)NCC1CCC(CNCC2CCc3ccccc3C2)CC1.[Cl-]. The van der Waals surface area contributed by atoms with E-state index >= 15 is 0 Å². The van der Waals surface area contributed by atoms with E-state index in [1.807, 2.05) is 0 Å². The number of halogens is 1. The van der Waals surface area contributed by atoms with Crippen LogP contribution in [-0.4, -0.2) is 33.0 Å². The van der Waals surface area contributed by atoms with E-state index in [-0.39, 0.29) is 28.9 Å². The van der Waals surface area contributed by atoms with Gasteiger partial charge in [0.25, 0.3) is 5.69 Å². The number of hydrogen-bond donors (Lipinski definition) is 2. The molecule has 2 aromatic rings. The maximum Gasteiger partial charge on any atom is 0.289 e. The van der Waals surface area contributed by atoms with Gasteiger partial charge in [0.15, 0.2) is 4.90 Å². The number of hydrogen-bond acceptors (Lipinski definition) is 5. The topological polar surface area (TPSA) is 101 Å². The fourth-order valence-electron chi connectivity index (χ4n) is 5.22. The fraction of sp³-hybridized carbons (Fsp3) is 0.520. The van der Waals surface area contributed by atoms with Crippen molar-refractivity contribution in [1.29, 1.82) is 0 Å². The summed E-state index contributed by atoms with van der Waals surface area (Å²) in [6, 6.07) is 14.3. The van der Waals surface area contributed by atoms with Gasteiger partial charge in [0, 0.05) is 12.6 Å². The van der Waals surface area contributed by atoms with Crippen LogP contribution in [0.1, 0.15) is 43.2 Å². The van der Waals surface area contributed by atoms with Crippen LogP contribution in [0.25, 0.3) is 0 Å². The van der Waals surface area contributed by atoms with Gasteiger partial charge in [0.05, 0.1) is 4.92 Å². The molecule has 1 saturated carbocycles. The van der Waals surface area contributed by atoms with Crippen molar-refractivity contribution in [2.45, 2.75) is 49.8 Å². The lowest BCUT2D eigenvalue weighted by Crippen LogP contribution is -3.00. The Labute approximate surface area is 208 Å². The Balaban J connectivity index is 0.00000324. The molecule has 9 heteroatoms. The van der Waals surface area contributed by atoms with Gasteiger partial charge in [-0.05, 0) is 93.0 Å². The molecule has 0 saturated heterocycles. The van der Waals surface area contributed by atoms with Gasteiger partial charge < -0.3 is 17.7 Å². The molecule has 34 heavy (non-hydrogen) atoms. The van der Waals surface area contributed by atoms with Crippen molar-refractivity contribution < 1.29 is 25.7 Å². The number of fused-ring (bicyclic) bond motifs is 1. The molecule has 1 atom stereocenters. The number of sulfonamides is 1. The average molecular weight is 507 g/mol. The van der Waals surface area contributed by atoms with Gasteiger partial charge in [-0.15, -0.1) is 0 Å². The van der Waals surface area contributed by atoms with E-state index in [1.165, 1.54) is 48.2 Å². The number of nitrogens with zero attached hydrogens (tertiary/aromatic N) is 1. The van der Waals surface area contributed by atoms with Gasteiger partial charge in [0.2, 0.25) is 10.0 Å². The molecule has 0 spiro atoms. The summed E-state index contributed by atoms with van der Waals surface area (Å²) >= 11 is 0. The first-order valence-electron chi connectivity index (χ1n) is 11.9. The lowest BCUT2D eigenvalue weighted by Gasteiger charge is -2.30. The van der Waals surface area contributed by atoms with Gasteiger partial charge in [-0.2, -0.15) is 0 Å². The molecule has 0 radical (unpaired) electrons. The van der Waals surface area contributed by atoms with Gasteiger partial charge in [-0.3, -0.25) is 10.1 Å². The first kappa shape index (κ1) is 26.6. The Morgan fingerprint density at radius 1 is 0.824 bits per heavy atom. The van der Waals surface area contributed by atoms with Crippen LogP contribution in [0, 0.1) is 27.9 Å². The summed E-state index contributed by atoms with van der Waals surface area (Å²) < 4.78 is 27.8.